The maximum absolute atomic E-state index is 13.7. The Bertz CT molecular complexity index is 596. The van der Waals surface area contributed by atoms with Gasteiger partial charge in [-0.2, -0.15) is 0 Å². The Kier molecular flexibility index (Phi) is 3.63. The van der Waals surface area contributed by atoms with E-state index in [4.69, 9.17) is 16.3 Å². The SMILES string of the molecule is CC(=O)c1cccc(F)c1Oc1ccccc1Cl. The van der Waals surface area contributed by atoms with Crippen molar-refractivity contribution in [3.05, 3.63) is 58.9 Å². The number of ketones is 1. The van der Waals surface area contributed by atoms with Gasteiger partial charge in [-0.1, -0.05) is 29.8 Å². The molecule has 4 heteroatoms. The first-order valence-electron chi connectivity index (χ1n) is 5.31. The van der Waals surface area contributed by atoms with Crippen LogP contribution in [-0.2, 0) is 0 Å². The summed E-state index contributed by atoms with van der Waals surface area (Å²) < 4.78 is 19.1. The van der Waals surface area contributed by atoms with Crippen molar-refractivity contribution < 1.29 is 13.9 Å². The van der Waals surface area contributed by atoms with Gasteiger partial charge in [0.25, 0.3) is 0 Å². The molecule has 0 aliphatic rings. The molecule has 0 bridgehead atoms. The lowest BCUT2D eigenvalue weighted by atomic mass is 10.1. The zero-order chi connectivity index (χ0) is 13.1. The number of ether oxygens (including phenoxy) is 1. The molecule has 18 heavy (non-hydrogen) atoms. The van der Waals surface area contributed by atoms with Gasteiger partial charge in [-0.15, -0.1) is 0 Å². The fourth-order valence-electron chi connectivity index (χ4n) is 1.53. The summed E-state index contributed by atoms with van der Waals surface area (Å²) in [6.45, 7) is 1.36. The van der Waals surface area contributed by atoms with Crippen LogP contribution in [0.2, 0.25) is 5.02 Å². The minimum Gasteiger partial charge on any atom is -0.452 e. The smallest absolute Gasteiger partial charge is 0.173 e. The van der Waals surface area contributed by atoms with Crippen LogP contribution in [0.5, 0.6) is 11.5 Å². The van der Waals surface area contributed by atoms with Crippen molar-refractivity contribution in [2.75, 3.05) is 0 Å². The van der Waals surface area contributed by atoms with E-state index in [0.29, 0.717) is 10.8 Å². The number of carbonyl (C=O) groups excluding carboxylic acids is 1. The predicted molar refractivity (Wildman–Crippen MR) is 67.9 cm³/mol. The molecule has 0 saturated carbocycles. The molecule has 0 aliphatic carbocycles. The maximum atomic E-state index is 13.7. The summed E-state index contributed by atoms with van der Waals surface area (Å²) in [5.41, 5.74) is 0.190. The van der Waals surface area contributed by atoms with Crippen LogP contribution >= 0.6 is 11.6 Å². The molecular formula is C14H10ClFO2. The maximum Gasteiger partial charge on any atom is 0.173 e. The van der Waals surface area contributed by atoms with E-state index < -0.39 is 5.82 Å². The normalized spacial score (nSPS) is 10.2. The Morgan fingerprint density at radius 3 is 2.56 bits per heavy atom. The molecule has 0 amide bonds. The zero-order valence-electron chi connectivity index (χ0n) is 9.61. The number of hydrogen-bond donors (Lipinski definition) is 0. The minimum absolute atomic E-state index is 0.0990. The number of Topliss-reactive ketones (excluding diaryl/α,β-unsaturated/α-hetero) is 1. The quantitative estimate of drug-likeness (QED) is 0.765. The van der Waals surface area contributed by atoms with Crippen molar-refractivity contribution in [1.29, 1.82) is 0 Å². The summed E-state index contributed by atoms with van der Waals surface area (Å²) in [7, 11) is 0. The molecule has 0 aromatic heterocycles. The molecule has 0 atom stereocenters. The summed E-state index contributed by atoms with van der Waals surface area (Å²) in [5, 5.41) is 0.357. The number of hydrogen-bond acceptors (Lipinski definition) is 2. The third-order valence-electron chi connectivity index (χ3n) is 2.39. The molecule has 0 aliphatic heterocycles. The molecule has 2 aromatic carbocycles. The standard InChI is InChI=1S/C14H10ClFO2/c1-9(17)10-5-4-7-12(16)14(10)18-13-8-3-2-6-11(13)15/h2-8H,1H3. The van der Waals surface area contributed by atoms with Gasteiger partial charge < -0.3 is 4.74 Å². The summed E-state index contributed by atoms with van der Waals surface area (Å²) in [4.78, 5) is 11.4. The largest absolute Gasteiger partial charge is 0.452 e. The molecule has 0 radical (unpaired) electrons. The molecular weight excluding hydrogens is 255 g/mol. The number of carbonyl (C=O) groups is 1. The Hall–Kier alpha value is -1.87. The highest BCUT2D eigenvalue weighted by molar-refractivity contribution is 6.32. The summed E-state index contributed by atoms with van der Waals surface area (Å²) in [5.74, 6) is -0.649. The molecule has 0 spiro atoms. The lowest BCUT2D eigenvalue weighted by molar-refractivity contribution is 0.101. The van der Waals surface area contributed by atoms with Gasteiger partial charge in [-0.05, 0) is 31.2 Å². The van der Waals surface area contributed by atoms with Crippen LogP contribution in [0.15, 0.2) is 42.5 Å². The van der Waals surface area contributed by atoms with Gasteiger partial charge in [0.1, 0.15) is 5.75 Å². The summed E-state index contributed by atoms with van der Waals surface area (Å²) >= 11 is 5.93. The van der Waals surface area contributed by atoms with Crippen LogP contribution in [0.4, 0.5) is 4.39 Å². The van der Waals surface area contributed by atoms with Crippen LogP contribution in [0.1, 0.15) is 17.3 Å². The van der Waals surface area contributed by atoms with Crippen molar-refractivity contribution in [2.45, 2.75) is 6.92 Å². The van der Waals surface area contributed by atoms with Gasteiger partial charge in [0.15, 0.2) is 17.3 Å². The van der Waals surface area contributed by atoms with Crippen molar-refractivity contribution in [3.8, 4) is 11.5 Å². The second-order valence-corrected chi connectivity index (χ2v) is 4.11. The highest BCUT2D eigenvalue weighted by Crippen LogP contribution is 2.32. The van der Waals surface area contributed by atoms with Crippen LogP contribution in [0, 0.1) is 5.82 Å². The second-order valence-electron chi connectivity index (χ2n) is 3.71. The van der Waals surface area contributed by atoms with Crippen molar-refractivity contribution in [1.82, 2.24) is 0 Å². The number of rotatable bonds is 3. The van der Waals surface area contributed by atoms with E-state index in [9.17, 15) is 9.18 Å². The Morgan fingerprint density at radius 1 is 1.17 bits per heavy atom. The average molecular weight is 265 g/mol. The van der Waals surface area contributed by atoms with Crippen LogP contribution in [-0.4, -0.2) is 5.78 Å². The Labute approximate surface area is 109 Å². The van der Waals surface area contributed by atoms with Gasteiger partial charge in [0.2, 0.25) is 0 Å². The summed E-state index contributed by atoms with van der Waals surface area (Å²) in [6, 6.07) is 10.9. The Morgan fingerprint density at radius 2 is 1.89 bits per heavy atom. The Balaban J connectivity index is 2.46. The van der Waals surface area contributed by atoms with E-state index in [1.807, 2.05) is 0 Å². The van der Waals surface area contributed by atoms with Gasteiger partial charge in [0.05, 0.1) is 10.6 Å². The molecule has 92 valence electrons. The number of benzene rings is 2. The fourth-order valence-corrected chi connectivity index (χ4v) is 1.70. The number of para-hydroxylation sites is 2. The van der Waals surface area contributed by atoms with E-state index in [1.165, 1.54) is 25.1 Å². The second kappa shape index (κ2) is 5.19. The average Bonchev–Trinajstić information content (AvgIpc) is 2.34. The monoisotopic (exact) mass is 264 g/mol. The molecule has 2 rings (SSSR count). The first-order chi connectivity index (χ1) is 8.59. The summed E-state index contributed by atoms with van der Waals surface area (Å²) in [6.07, 6.45) is 0. The third kappa shape index (κ3) is 2.51. The molecule has 2 nitrogen and oxygen atoms in total. The molecule has 2 aromatic rings. The lowest BCUT2D eigenvalue weighted by Crippen LogP contribution is -1.99. The van der Waals surface area contributed by atoms with Gasteiger partial charge in [-0.25, -0.2) is 4.39 Å². The van der Waals surface area contributed by atoms with Crippen LogP contribution < -0.4 is 4.74 Å². The first kappa shape index (κ1) is 12.6. The van der Waals surface area contributed by atoms with Gasteiger partial charge in [-0.3, -0.25) is 4.79 Å². The van der Waals surface area contributed by atoms with Crippen LogP contribution in [0.25, 0.3) is 0 Å². The van der Waals surface area contributed by atoms with Crippen molar-refractivity contribution in [2.24, 2.45) is 0 Å². The third-order valence-corrected chi connectivity index (χ3v) is 2.71. The van der Waals surface area contributed by atoms with E-state index >= 15 is 0 Å². The first-order valence-corrected chi connectivity index (χ1v) is 5.69. The van der Waals surface area contributed by atoms with E-state index in [1.54, 1.807) is 24.3 Å². The van der Waals surface area contributed by atoms with Crippen molar-refractivity contribution >= 4 is 17.4 Å². The molecule has 0 unspecified atom stereocenters. The van der Waals surface area contributed by atoms with Crippen LogP contribution in [0.3, 0.4) is 0 Å². The van der Waals surface area contributed by atoms with E-state index in [2.05, 4.69) is 0 Å². The van der Waals surface area contributed by atoms with Gasteiger partial charge >= 0.3 is 0 Å². The van der Waals surface area contributed by atoms with E-state index in [-0.39, 0.29) is 17.1 Å². The van der Waals surface area contributed by atoms with Crippen molar-refractivity contribution in [3.63, 3.8) is 0 Å². The molecule has 0 heterocycles. The molecule has 0 fully saturated rings. The minimum atomic E-state index is -0.595. The topological polar surface area (TPSA) is 26.3 Å². The van der Waals surface area contributed by atoms with E-state index in [0.717, 1.165) is 0 Å². The highest BCUT2D eigenvalue weighted by Gasteiger charge is 2.15. The predicted octanol–water partition coefficient (Wildman–Crippen LogP) is 4.47. The molecule has 0 saturated heterocycles. The molecule has 0 N–H and O–H groups in total. The number of halogens is 2. The fraction of sp³-hybridized carbons (Fsp3) is 0.0714. The van der Waals surface area contributed by atoms with Gasteiger partial charge in [0, 0.05) is 0 Å². The lowest BCUT2D eigenvalue weighted by Gasteiger charge is -2.11. The zero-order valence-corrected chi connectivity index (χ0v) is 10.4. The highest BCUT2D eigenvalue weighted by atomic mass is 35.5.